The molecule has 0 bridgehead atoms. The van der Waals surface area contributed by atoms with Crippen LogP contribution in [0.4, 0.5) is 5.69 Å². The highest BCUT2D eigenvalue weighted by Gasteiger charge is 2.17. The van der Waals surface area contributed by atoms with E-state index in [2.05, 4.69) is 36.1 Å². The van der Waals surface area contributed by atoms with E-state index in [-0.39, 0.29) is 17.3 Å². The van der Waals surface area contributed by atoms with E-state index in [1.54, 1.807) is 49.6 Å². The Kier molecular flexibility index (Phi) is 6.12. The van der Waals surface area contributed by atoms with Gasteiger partial charge in [-0.15, -0.1) is 0 Å². The maximum absolute atomic E-state index is 12.4. The number of hydrogen-bond donors (Lipinski definition) is 1. The molecule has 0 aliphatic heterocycles. The summed E-state index contributed by atoms with van der Waals surface area (Å²) in [5.74, 6) is 1.01. The van der Waals surface area contributed by atoms with E-state index in [1.807, 2.05) is 24.3 Å². The Balaban J connectivity index is 1.55. The first-order valence-electron chi connectivity index (χ1n) is 9.44. The summed E-state index contributed by atoms with van der Waals surface area (Å²) in [7, 11) is 0. The van der Waals surface area contributed by atoms with E-state index in [9.17, 15) is 4.79 Å². The Labute approximate surface area is 170 Å². The number of carbonyl (C=O) groups excluding carboxylic acids is 1. The number of ether oxygens (including phenoxy) is 2. The van der Waals surface area contributed by atoms with E-state index in [0.29, 0.717) is 17.2 Å². The van der Waals surface area contributed by atoms with Crippen LogP contribution in [0.3, 0.4) is 0 Å². The molecule has 1 unspecified atom stereocenters. The van der Waals surface area contributed by atoms with Crippen molar-refractivity contribution in [3.8, 4) is 17.5 Å². The first-order chi connectivity index (χ1) is 13.8. The van der Waals surface area contributed by atoms with Crippen LogP contribution in [-0.4, -0.2) is 22.0 Å². The molecule has 1 amide bonds. The Morgan fingerprint density at radius 1 is 0.931 bits per heavy atom. The van der Waals surface area contributed by atoms with Gasteiger partial charge in [0.2, 0.25) is 0 Å². The third-order valence-electron chi connectivity index (χ3n) is 4.28. The Morgan fingerprint density at radius 2 is 1.52 bits per heavy atom. The predicted octanol–water partition coefficient (Wildman–Crippen LogP) is 4.97. The molecule has 0 radical (unpaired) electrons. The van der Waals surface area contributed by atoms with Crippen LogP contribution in [0.25, 0.3) is 0 Å². The number of nitrogens with zero attached hydrogens (tertiary/aromatic N) is 2. The fourth-order valence-corrected chi connectivity index (χ4v) is 2.58. The molecule has 0 aliphatic rings. The minimum atomic E-state index is -0.635. The van der Waals surface area contributed by atoms with Gasteiger partial charge in [0.1, 0.15) is 11.5 Å². The highest BCUT2D eigenvalue weighted by Crippen LogP contribution is 2.25. The minimum Gasteiger partial charge on any atom is -0.481 e. The molecule has 1 N–H and O–H groups in total. The normalized spacial score (nSPS) is 12.1. The summed E-state index contributed by atoms with van der Waals surface area (Å²) in [4.78, 5) is 20.4. The van der Waals surface area contributed by atoms with Gasteiger partial charge in [-0.25, -0.2) is 9.97 Å². The molecule has 1 heterocycles. The SMILES string of the molecule is CC(Oc1ccc(C(C)(C)C)cc1)C(=O)Nc1ccc(Oc2ncccn2)cc1. The zero-order valence-corrected chi connectivity index (χ0v) is 17.0. The maximum Gasteiger partial charge on any atom is 0.321 e. The predicted molar refractivity (Wildman–Crippen MR) is 112 cm³/mol. The van der Waals surface area contributed by atoms with Gasteiger partial charge < -0.3 is 14.8 Å². The van der Waals surface area contributed by atoms with Crippen LogP contribution in [-0.2, 0) is 10.2 Å². The molecule has 0 saturated carbocycles. The molecular weight excluding hydrogens is 366 g/mol. The number of amides is 1. The summed E-state index contributed by atoms with van der Waals surface area (Å²) in [5, 5.41) is 2.84. The van der Waals surface area contributed by atoms with Crippen molar-refractivity contribution in [3.63, 3.8) is 0 Å². The lowest BCUT2D eigenvalue weighted by Gasteiger charge is -2.20. The van der Waals surface area contributed by atoms with Crippen LogP contribution >= 0.6 is 0 Å². The summed E-state index contributed by atoms with van der Waals surface area (Å²) in [6.45, 7) is 8.18. The van der Waals surface area contributed by atoms with Gasteiger partial charge in [0.05, 0.1) is 0 Å². The van der Waals surface area contributed by atoms with Crippen molar-refractivity contribution in [2.24, 2.45) is 0 Å². The quantitative estimate of drug-likeness (QED) is 0.642. The number of carbonyl (C=O) groups is 1. The number of anilines is 1. The molecule has 6 heteroatoms. The minimum absolute atomic E-state index is 0.0734. The average molecular weight is 391 g/mol. The standard InChI is InChI=1S/C23H25N3O3/c1-16(28-19-10-6-17(7-11-19)23(2,3)4)21(27)26-18-8-12-20(13-9-18)29-22-24-14-5-15-25-22/h5-16H,1-4H3,(H,26,27). The van der Waals surface area contributed by atoms with E-state index >= 15 is 0 Å². The molecule has 1 atom stereocenters. The Hall–Kier alpha value is -3.41. The van der Waals surface area contributed by atoms with Gasteiger partial charge in [0.15, 0.2) is 6.10 Å². The molecular formula is C23H25N3O3. The second-order valence-corrected chi connectivity index (χ2v) is 7.68. The van der Waals surface area contributed by atoms with Crippen molar-refractivity contribution in [1.29, 1.82) is 0 Å². The van der Waals surface area contributed by atoms with E-state index in [4.69, 9.17) is 9.47 Å². The average Bonchev–Trinajstić information content (AvgIpc) is 2.70. The van der Waals surface area contributed by atoms with Crippen molar-refractivity contribution in [1.82, 2.24) is 9.97 Å². The Bertz CT molecular complexity index is 934. The monoisotopic (exact) mass is 391 g/mol. The molecule has 150 valence electrons. The number of benzene rings is 2. The molecule has 6 nitrogen and oxygen atoms in total. The van der Waals surface area contributed by atoms with Gasteiger partial charge in [0, 0.05) is 18.1 Å². The van der Waals surface area contributed by atoms with Crippen molar-refractivity contribution >= 4 is 11.6 Å². The highest BCUT2D eigenvalue weighted by molar-refractivity contribution is 5.94. The fourth-order valence-electron chi connectivity index (χ4n) is 2.58. The first kappa shape index (κ1) is 20.3. The van der Waals surface area contributed by atoms with Crippen LogP contribution in [0, 0.1) is 0 Å². The largest absolute Gasteiger partial charge is 0.481 e. The summed E-state index contributed by atoms with van der Waals surface area (Å²) >= 11 is 0. The second-order valence-electron chi connectivity index (χ2n) is 7.68. The van der Waals surface area contributed by atoms with E-state index in [1.165, 1.54) is 5.56 Å². The van der Waals surface area contributed by atoms with Gasteiger partial charge in [-0.2, -0.15) is 0 Å². The molecule has 3 aromatic rings. The molecule has 1 aromatic heterocycles. The molecule has 0 saturated heterocycles. The second kappa shape index (κ2) is 8.73. The molecule has 2 aromatic carbocycles. The van der Waals surface area contributed by atoms with Crippen LogP contribution in [0.5, 0.6) is 17.5 Å². The number of rotatable bonds is 6. The summed E-state index contributed by atoms with van der Waals surface area (Å²) in [6, 6.07) is 16.8. The van der Waals surface area contributed by atoms with Crippen LogP contribution in [0.2, 0.25) is 0 Å². The topological polar surface area (TPSA) is 73.3 Å². The number of hydrogen-bond acceptors (Lipinski definition) is 5. The lowest BCUT2D eigenvalue weighted by Crippen LogP contribution is -2.30. The van der Waals surface area contributed by atoms with Crippen LogP contribution < -0.4 is 14.8 Å². The highest BCUT2D eigenvalue weighted by atomic mass is 16.5. The first-order valence-corrected chi connectivity index (χ1v) is 9.44. The lowest BCUT2D eigenvalue weighted by molar-refractivity contribution is -0.122. The van der Waals surface area contributed by atoms with Crippen LogP contribution in [0.15, 0.2) is 67.0 Å². The van der Waals surface area contributed by atoms with Crippen molar-refractivity contribution in [3.05, 3.63) is 72.6 Å². The van der Waals surface area contributed by atoms with Crippen LogP contribution in [0.1, 0.15) is 33.3 Å². The van der Waals surface area contributed by atoms with Crippen molar-refractivity contribution in [2.75, 3.05) is 5.32 Å². The zero-order chi connectivity index (χ0) is 20.9. The molecule has 29 heavy (non-hydrogen) atoms. The smallest absolute Gasteiger partial charge is 0.321 e. The molecule has 0 aliphatic carbocycles. The van der Waals surface area contributed by atoms with E-state index in [0.717, 1.165) is 0 Å². The fraction of sp³-hybridized carbons (Fsp3) is 0.261. The van der Waals surface area contributed by atoms with Gasteiger partial charge in [-0.05, 0) is 60.4 Å². The van der Waals surface area contributed by atoms with Crippen molar-refractivity contribution < 1.29 is 14.3 Å². The van der Waals surface area contributed by atoms with Gasteiger partial charge in [0.25, 0.3) is 5.91 Å². The summed E-state index contributed by atoms with van der Waals surface area (Å²) in [5.41, 5.74) is 1.93. The molecule has 0 spiro atoms. The summed E-state index contributed by atoms with van der Waals surface area (Å²) < 4.78 is 11.3. The van der Waals surface area contributed by atoms with Gasteiger partial charge >= 0.3 is 6.01 Å². The third-order valence-corrected chi connectivity index (χ3v) is 4.28. The van der Waals surface area contributed by atoms with E-state index < -0.39 is 6.10 Å². The molecule has 0 fully saturated rings. The van der Waals surface area contributed by atoms with Gasteiger partial charge in [-0.1, -0.05) is 32.9 Å². The Morgan fingerprint density at radius 3 is 2.10 bits per heavy atom. The van der Waals surface area contributed by atoms with Crippen molar-refractivity contribution in [2.45, 2.75) is 39.2 Å². The number of nitrogens with one attached hydrogen (secondary N) is 1. The molecule has 3 rings (SSSR count). The third kappa shape index (κ3) is 5.78. The van der Waals surface area contributed by atoms with Gasteiger partial charge in [-0.3, -0.25) is 4.79 Å². The summed E-state index contributed by atoms with van der Waals surface area (Å²) in [6.07, 6.45) is 2.58. The lowest BCUT2D eigenvalue weighted by atomic mass is 9.87. The maximum atomic E-state index is 12.4. The zero-order valence-electron chi connectivity index (χ0n) is 17.0. The number of aromatic nitrogens is 2.